The highest BCUT2D eigenvalue weighted by Crippen LogP contribution is 2.32. The highest BCUT2D eigenvalue weighted by Gasteiger charge is 2.17. The van der Waals surface area contributed by atoms with Crippen molar-refractivity contribution in [2.45, 2.75) is 6.42 Å². The molecule has 0 amide bonds. The Hall–Kier alpha value is -3.38. The summed E-state index contributed by atoms with van der Waals surface area (Å²) < 4.78 is 1.73. The molecular formula is C22H19ClN6. The summed E-state index contributed by atoms with van der Waals surface area (Å²) in [6, 6.07) is 14.3. The minimum atomic E-state index is 0.352. The van der Waals surface area contributed by atoms with E-state index in [0.29, 0.717) is 22.7 Å². The van der Waals surface area contributed by atoms with E-state index in [4.69, 9.17) is 11.6 Å². The van der Waals surface area contributed by atoms with Crippen molar-refractivity contribution in [1.82, 2.24) is 25.0 Å². The summed E-state index contributed by atoms with van der Waals surface area (Å²) in [6.07, 6.45) is 9.20. The van der Waals surface area contributed by atoms with Crippen molar-refractivity contribution < 1.29 is 0 Å². The largest absolute Gasteiger partial charge is 0.323 e. The van der Waals surface area contributed by atoms with Crippen LogP contribution in [0.2, 0.25) is 5.02 Å². The fourth-order valence-corrected chi connectivity index (χ4v) is 3.81. The molecule has 2 aromatic carbocycles. The SMILES string of the molecule is Cn1nc(C2=CC(Cc3ccccc3)C=C2)nc1Nc1ccc2[nH]ncc2c1Cl. The molecule has 4 aromatic rings. The first-order valence-electron chi connectivity index (χ1n) is 9.41. The average molecular weight is 403 g/mol. The number of aromatic nitrogens is 5. The van der Waals surface area contributed by atoms with E-state index in [1.807, 2.05) is 25.2 Å². The Morgan fingerprint density at radius 2 is 2.03 bits per heavy atom. The summed E-state index contributed by atoms with van der Waals surface area (Å²) in [5, 5.41) is 16.3. The van der Waals surface area contributed by atoms with Crippen LogP contribution in [0, 0.1) is 5.92 Å². The lowest BCUT2D eigenvalue weighted by molar-refractivity contribution is 0.771. The Morgan fingerprint density at radius 1 is 1.17 bits per heavy atom. The second-order valence-electron chi connectivity index (χ2n) is 7.10. The molecule has 1 aliphatic carbocycles. The van der Waals surface area contributed by atoms with Crippen molar-refractivity contribution in [2.75, 3.05) is 5.32 Å². The summed E-state index contributed by atoms with van der Waals surface area (Å²) in [5.41, 5.74) is 4.01. The molecular weight excluding hydrogens is 384 g/mol. The minimum Gasteiger partial charge on any atom is -0.323 e. The lowest BCUT2D eigenvalue weighted by Crippen LogP contribution is -2.00. The zero-order valence-electron chi connectivity index (χ0n) is 15.8. The van der Waals surface area contributed by atoms with Gasteiger partial charge >= 0.3 is 0 Å². The predicted octanol–water partition coefficient (Wildman–Crippen LogP) is 4.90. The third-order valence-electron chi connectivity index (χ3n) is 5.06. The summed E-state index contributed by atoms with van der Waals surface area (Å²) in [4.78, 5) is 4.68. The van der Waals surface area contributed by atoms with E-state index in [2.05, 4.69) is 68.1 Å². The molecule has 2 N–H and O–H groups in total. The smallest absolute Gasteiger partial charge is 0.225 e. The van der Waals surface area contributed by atoms with Crippen LogP contribution in [0.5, 0.6) is 0 Å². The lowest BCUT2D eigenvalue weighted by Gasteiger charge is -2.07. The maximum Gasteiger partial charge on any atom is 0.225 e. The standard InChI is InChI=1S/C22H19ClN6/c1-29-22(25-19-10-9-18-17(20(19)23)13-24-27-18)26-21(28-29)16-8-7-15(12-16)11-14-5-3-2-4-6-14/h2-10,12-13,15H,11H2,1H3,(H,24,27)(H,25,26,28). The van der Waals surface area contributed by atoms with Crippen LogP contribution in [-0.4, -0.2) is 25.0 Å². The Morgan fingerprint density at radius 3 is 2.90 bits per heavy atom. The number of hydrogen-bond donors (Lipinski definition) is 2. The van der Waals surface area contributed by atoms with Gasteiger partial charge in [0.15, 0.2) is 5.82 Å². The highest BCUT2D eigenvalue weighted by molar-refractivity contribution is 6.38. The van der Waals surface area contributed by atoms with Crippen molar-refractivity contribution in [1.29, 1.82) is 0 Å². The number of hydrogen-bond acceptors (Lipinski definition) is 4. The molecule has 29 heavy (non-hydrogen) atoms. The van der Waals surface area contributed by atoms with Crippen LogP contribution in [0.3, 0.4) is 0 Å². The number of rotatable bonds is 5. The molecule has 6 nitrogen and oxygen atoms in total. The van der Waals surface area contributed by atoms with E-state index in [-0.39, 0.29) is 0 Å². The second-order valence-corrected chi connectivity index (χ2v) is 7.48. The van der Waals surface area contributed by atoms with Crippen molar-refractivity contribution >= 4 is 39.7 Å². The lowest BCUT2D eigenvalue weighted by atomic mass is 10.0. The van der Waals surface area contributed by atoms with E-state index in [0.717, 1.165) is 28.6 Å². The first-order chi connectivity index (χ1) is 14.2. The van der Waals surface area contributed by atoms with Crippen LogP contribution in [0.25, 0.3) is 16.5 Å². The summed E-state index contributed by atoms with van der Waals surface area (Å²) in [6.45, 7) is 0. The van der Waals surface area contributed by atoms with Crippen LogP contribution < -0.4 is 5.32 Å². The molecule has 0 fully saturated rings. The van der Waals surface area contributed by atoms with Gasteiger partial charge in [-0.25, -0.2) is 4.68 Å². The molecule has 144 valence electrons. The van der Waals surface area contributed by atoms with Crippen molar-refractivity contribution in [3.63, 3.8) is 0 Å². The van der Waals surface area contributed by atoms with Gasteiger partial charge in [-0.05, 0) is 24.1 Å². The van der Waals surface area contributed by atoms with Crippen LogP contribution in [0.1, 0.15) is 11.4 Å². The number of nitrogens with one attached hydrogen (secondary N) is 2. The number of aryl methyl sites for hydroxylation is 1. The molecule has 0 radical (unpaired) electrons. The van der Waals surface area contributed by atoms with Gasteiger partial charge in [0.05, 0.1) is 22.4 Å². The van der Waals surface area contributed by atoms with Gasteiger partial charge in [0.1, 0.15) is 0 Å². The third-order valence-corrected chi connectivity index (χ3v) is 5.46. The Kier molecular flexibility index (Phi) is 4.41. The van der Waals surface area contributed by atoms with Crippen molar-refractivity contribution in [3.05, 3.63) is 83.3 Å². The van der Waals surface area contributed by atoms with Gasteiger partial charge in [0.2, 0.25) is 5.95 Å². The fourth-order valence-electron chi connectivity index (χ4n) is 3.55. The van der Waals surface area contributed by atoms with Gasteiger partial charge in [-0.15, -0.1) is 5.10 Å². The Bertz CT molecular complexity index is 1230. The maximum atomic E-state index is 6.51. The number of anilines is 2. The van der Waals surface area contributed by atoms with Gasteiger partial charge in [0, 0.05) is 23.9 Å². The number of aromatic amines is 1. The molecule has 0 spiro atoms. The molecule has 0 saturated heterocycles. The summed E-state index contributed by atoms with van der Waals surface area (Å²) in [5.74, 6) is 1.68. The topological polar surface area (TPSA) is 71.4 Å². The third kappa shape index (κ3) is 3.43. The summed E-state index contributed by atoms with van der Waals surface area (Å²) >= 11 is 6.51. The monoisotopic (exact) mass is 402 g/mol. The van der Waals surface area contributed by atoms with E-state index in [9.17, 15) is 0 Å². The molecule has 7 heteroatoms. The molecule has 1 atom stereocenters. The Balaban J connectivity index is 1.37. The van der Waals surface area contributed by atoms with E-state index >= 15 is 0 Å². The van der Waals surface area contributed by atoms with Crippen LogP contribution in [0.15, 0.2) is 66.9 Å². The van der Waals surface area contributed by atoms with Crippen LogP contribution in [-0.2, 0) is 13.5 Å². The number of allylic oxidation sites excluding steroid dienone is 4. The zero-order valence-corrected chi connectivity index (χ0v) is 16.6. The molecule has 0 saturated carbocycles. The summed E-state index contributed by atoms with van der Waals surface area (Å²) in [7, 11) is 1.86. The predicted molar refractivity (Wildman–Crippen MR) is 116 cm³/mol. The van der Waals surface area contributed by atoms with Crippen molar-refractivity contribution in [3.8, 4) is 0 Å². The van der Waals surface area contributed by atoms with E-state index in [1.54, 1.807) is 10.9 Å². The molecule has 2 aromatic heterocycles. The molecule has 0 bridgehead atoms. The quantitative estimate of drug-likeness (QED) is 0.498. The van der Waals surface area contributed by atoms with Gasteiger partial charge in [-0.2, -0.15) is 10.1 Å². The molecule has 1 aliphatic rings. The fraction of sp³-hybridized carbons (Fsp3) is 0.136. The van der Waals surface area contributed by atoms with Gasteiger partial charge < -0.3 is 5.32 Å². The van der Waals surface area contributed by atoms with E-state index < -0.39 is 0 Å². The number of nitrogens with zero attached hydrogens (tertiary/aromatic N) is 4. The molecule has 5 rings (SSSR count). The zero-order chi connectivity index (χ0) is 19.8. The Labute approximate surface area is 172 Å². The number of halogens is 1. The molecule has 2 heterocycles. The number of H-pyrrole nitrogens is 1. The normalized spacial score (nSPS) is 15.8. The van der Waals surface area contributed by atoms with E-state index in [1.165, 1.54) is 5.56 Å². The maximum absolute atomic E-state index is 6.51. The van der Waals surface area contributed by atoms with Crippen LogP contribution >= 0.6 is 11.6 Å². The van der Waals surface area contributed by atoms with Gasteiger partial charge in [0.25, 0.3) is 0 Å². The molecule has 1 unspecified atom stereocenters. The van der Waals surface area contributed by atoms with Crippen molar-refractivity contribution in [2.24, 2.45) is 13.0 Å². The van der Waals surface area contributed by atoms with Gasteiger partial charge in [-0.3, -0.25) is 5.10 Å². The first-order valence-corrected chi connectivity index (χ1v) is 9.79. The number of benzene rings is 2. The van der Waals surface area contributed by atoms with Crippen LogP contribution in [0.4, 0.5) is 11.6 Å². The minimum absolute atomic E-state index is 0.352. The first kappa shape index (κ1) is 17.7. The molecule has 0 aliphatic heterocycles. The average Bonchev–Trinajstić information content (AvgIpc) is 3.46. The second kappa shape index (κ2) is 7.22. The van der Waals surface area contributed by atoms with Gasteiger partial charge in [-0.1, -0.05) is 60.2 Å². The number of fused-ring (bicyclic) bond motifs is 1. The highest BCUT2D eigenvalue weighted by atomic mass is 35.5.